The summed E-state index contributed by atoms with van der Waals surface area (Å²) in [6.07, 6.45) is 0.900. The summed E-state index contributed by atoms with van der Waals surface area (Å²) in [5.74, 6) is 0.768. The number of hydrogen-bond donors (Lipinski definition) is 0. The van der Waals surface area contributed by atoms with Crippen molar-refractivity contribution < 1.29 is 4.74 Å². The van der Waals surface area contributed by atoms with E-state index in [1.165, 1.54) is 0 Å². The maximum absolute atomic E-state index is 6.00. The summed E-state index contributed by atoms with van der Waals surface area (Å²) >= 11 is 6.00. The second kappa shape index (κ2) is 5.24. The molecule has 0 unspecified atom stereocenters. The average molecular weight is 246 g/mol. The average Bonchev–Trinajstić information content (AvgIpc) is 2.38. The van der Waals surface area contributed by atoms with Gasteiger partial charge in [-0.1, -0.05) is 23.7 Å². The molecule has 86 valence electrons. The van der Waals surface area contributed by atoms with E-state index in [1.807, 2.05) is 36.4 Å². The van der Waals surface area contributed by atoms with Gasteiger partial charge in [0, 0.05) is 16.3 Å². The highest BCUT2D eigenvalue weighted by Gasteiger charge is 2.08. The molecule has 0 saturated carbocycles. The van der Waals surface area contributed by atoms with E-state index in [1.54, 1.807) is 7.11 Å². The van der Waals surface area contributed by atoms with Gasteiger partial charge in [0.25, 0.3) is 0 Å². The predicted molar refractivity (Wildman–Crippen MR) is 73.5 cm³/mol. The van der Waals surface area contributed by atoms with Crippen LogP contribution in [0, 0.1) is 0 Å². The van der Waals surface area contributed by atoms with Gasteiger partial charge in [-0.05, 0) is 30.6 Å². The maximum atomic E-state index is 6.00. The largest absolute Gasteiger partial charge is 0.494 e. The lowest BCUT2D eigenvalue weighted by Gasteiger charge is -2.09. The first-order valence-corrected chi connectivity index (χ1v) is 5.92. The van der Waals surface area contributed by atoms with Gasteiger partial charge < -0.3 is 4.74 Å². The number of aromatic nitrogens is 1. The summed E-state index contributed by atoms with van der Waals surface area (Å²) < 4.78 is 5.33. The Morgan fingerprint density at radius 1 is 1.29 bits per heavy atom. The Morgan fingerprint density at radius 3 is 2.76 bits per heavy atom. The van der Waals surface area contributed by atoms with E-state index in [-0.39, 0.29) is 0 Å². The van der Waals surface area contributed by atoms with Gasteiger partial charge in [0.05, 0.1) is 7.11 Å². The molecule has 0 fully saturated rings. The van der Waals surface area contributed by atoms with Crippen molar-refractivity contribution in [2.45, 2.75) is 6.32 Å². The van der Waals surface area contributed by atoms with Crippen LogP contribution in [0.4, 0.5) is 0 Å². The number of ether oxygens (including phenoxy) is 1. The van der Waals surface area contributed by atoms with Crippen molar-refractivity contribution in [1.29, 1.82) is 0 Å². The van der Waals surface area contributed by atoms with Crippen molar-refractivity contribution in [3.05, 3.63) is 47.1 Å². The zero-order valence-electron chi connectivity index (χ0n) is 9.90. The molecule has 0 N–H and O–H groups in total. The molecule has 0 spiro atoms. The first-order chi connectivity index (χ1) is 8.24. The zero-order valence-corrected chi connectivity index (χ0v) is 10.7. The van der Waals surface area contributed by atoms with Gasteiger partial charge in [0.2, 0.25) is 0 Å². The molecule has 0 saturated heterocycles. The van der Waals surface area contributed by atoms with Crippen LogP contribution < -0.4 is 4.74 Å². The molecule has 4 heteroatoms. The van der Waals surface area contributed by atoms with Crippen LogP contribution in [0.15, 0.2) is 36.4 Å². The Kier molecular flexibility index (Phi) is 3.69. The first kappa shape index (κ1) is 12.0. The number of halogens is 1. The van der Waals surface area contributed by atoms with E-state index in [4.69, 9.17) is 16.3 Å². The van der Waals surface area contributed by atoms with Crippen molar-refractivity contribution >= 4 is 19.4 Å². The summed E-state index contributed by atoms with van der Waals surface area (Å²) in [5.41, 5.74) is 2.86. The number of methoxy groups -OCH3 is 1. The van der Waals surface area contributed by atoms with Crippen LogP contribution >= 0.6 is 11.6 Å². The second-order valence-corrected chi connectivity index (χ2v) is 4.15. The molecular weight excluding hydrogens is 232 g/mol. The maximum Gasteiger partial charge on any atom is 0.145 e. The Hall–Kier alpha value is -1.48. The van der Waals surface area contributed by atoms with Crippen molar-refractivity contribution in [3.8, 4) is 17.0 Å². The van der Waals surface area contributed by atoms with E-state index in [2.05, 4.69) is 12.8 Å². The highest BCUT2D eigenvalue weighted by molar-refractivity contribution is 6.30. The molecule has 0 aliphatic heterocycles. The van der Waals surface area contributed by atoms with E-state index in [0.717, 1.165) is 29.0 Å². The molecule has 1 heterocycles. The highest BCUT2D eigenvalue weighted by Crippen LogP contribution is 2.29. The molecule has 0 aliphatic carbocycles. The highest BCUT2D eigenvalue weighted by atomic mass is 35.5. The zero-order chi connectivity index (χ0) is 12.3. The third-order valence-corrected chi connectivity index (χ3v) is 2.83. The Morgan fingerprint density at radius 2 is 2.12 bits per heavy atom. The first-order valence-electron chi connectivity index (χ1n) is 5.54. The monoisotopic (exact) mass is 245 g/mol. The minimum atomic E-state index is 0.702. The van der Waals surface area contributed by atoms with Gasteiger partial charge >= 0.3 is 0 Å². The second-order valence-electron chi connectivity index (χ2n) is 3.72. The normalized spacial score (nSPS) is 10.2. The molecule has 1 aromatic carbocycles. The number of pyridine rings is 1. The van der Waals surface area contributed by atoms with Crippen LogP contribution in [0.2, 0.25) is 5.02 Å². The van der Waals surface area contributed by atoms with E-state index >= 15 is 0 Å². The standard InChI is InChI=1S/C13H13BClNO/c1-17-12-6-5-11(8-14)16-13(12)9-3-2-4-10(15)7-9/h2-7H,8,14H2,1H3. The van der Waals surface area contributed by atoms with E-state index < -0.39 is 0 Å². The van der Waals surface area contributed by atoms with E-state index in [0.29, 0.717) is 5.02 Å². The summed E-state index contributed by atoms with van der Waals surface area (Å²) in [6.45, 7) is 0. The number of hydrogen-bond acceptors (Lipinski definition) is 2. The van der Waals surface area contributed by atoms with Crippen LogP contribution in [0.25, 0.3) is 11.3 Å². The number of benzene rings is 1. The van der Waals surface area contributed by atoms with Gasteiger partial charge in [-0.15, -0.1) is 0 Å². The molecule has 2 aromatic rings. The molecule has 0 aliphatic rings. The third kappa shape index (κ3) is 2.61. The van der Waals surface area contributed by atoms with Gasteiger partial charge in [-0.3, -0.25) is 0 Å². The lowest BCUT2D eigenvalue weighted by molar-refractivity contribution is 0.414. The number of nitrogens with zero attached hydrogens (tertiary/aromatic N) is 1. The third-order valence-electron chi connectivity index (χ3n) is 2.60. The fraction of sp³-hybridized carbons (Fsp3) is 0.154. The quantitative estimate of drug-likeness (QED) is 0.775. The molecule has 17 heavy (non-hydrogen) atoms. The van der Waals surface area contributed by atoms with Crippen molar-refractivity contribution in [1.82, 2.24) is 4.98 Å². The Balaban J connectivity index is 2.56. The summed E-state index contributed by atoms with van der Waals surface area (Å²) in [6, 6.07) is 11.6. The van der Waals surface area contributed by atoms with Crippen LogP contribution in [-0.2, 0) is 6.32 Å². The minimum Gasteiger partial charge on any atom is -0.494 e. The van der Waals surface area contributed by atoms with Crippen LogP contribution in [0.5, 0.6) is 5.75 Å². The van der Waals surface area contributed by atoms with Crippen molar-refractivity contribution in [2.75, 3.05) is 7.11 Å². The lowest BCUT2D eigenvalue weighted by atomic mass is 10.0. The summed E-state index contributed by atoms with van der Waals surface area (Å²) in [5, 5.41) is 0.702. The molecular formula is C13H13BClNO. The Bertz CT molecular complexity index is 531. The van der Waals surface area contributed by atoms with E-state index in [9.17, 15) is 0 Å². The van der Waals surface area contributed by atoms with Crippen LogP contribution in [0.3, 0.4) is 0 Å². The van der Waals surface area contributed by atoms with Gasteiger partial charge in [-0.25, -0.2) is 4.98 Å². The SMILES string of the molecule is BCc1ccc(OC)c(-c2cccc(Cl)c2)n1. The molecule has 2 nitrogen and oxygen atoms in total. The smallest absolute Gasteiger partial charge is 0.145 e. The lowest BCUT2D eigenvalue weighted by Crippen LogP contribution is -1.96. The predicted octanol–water partition coefficient (Wildman–Crippen LogP) is 2.54. The topological polar surface area (TPSA) is 22.1 Å². The fourth-order valence-corrected chi connectivity index (χ4v) is 1.88. The molecule has 0 amide bonds. The molecule has 1 aromatic heterocycles. The van der Waals surface area contributed by atoms with Crippen molar-refractivity contribution in [2.24, 2.45) is 0 Å². The number of rotatable bonds is 3. The van der Waals surface area contributed by atoms with Gasteiger partial charge in [0.15, 0.2) is 0 Å². The van der Waals surface area contributed by atoms with Crippen molar-refractivity contribution in [3.63, 3.8) is 0 Å². The molecule has 0 radical (unpaired) electrons. The van der Waals surface area contributed by atoms with Gasteiger partial charge in [0.1, 0.15) is 19.3 Å². The molecule has 0 atom stereocenters. The molecule has 0 bridgehead atoms. The summed E-state index contributed by atoms with van der Waals surface area (Å²) in [7, 11) is 3.73. The van der Waals surface area contributed by atoms with Crippen LogP contribution in [0.1, 0.15) is 5.69 Å². The van der Waals surface area contributed by atoms with Gasteiger partial charge in [-0.2, -0.15) is 0 Å². The fourth-order valence-electron chi connectivity index (χ4n) is 1.69. The minimum absolute atomic E-state index is 0.702. The molecule has 2 rings (SSSR count). The van der Waals surface area contributed by atoms with Crippen LogP contribution in [-0.4, -0.2) is 19.9 Å². The summed E-state index contributed by atoms with van der Waals surface area (Å²) in [4.78, 5) is 4.59. The Labute approximate surface area is 107 Å².